The van der Waals surface area contributed by atoms with E-state index in [0.717, 1.165) is 19.3 Å². The molecule has 0 aliphatic carbocycles. The molecule has 1 aromatic heterocycles. The van der Waals surface area contributed by atoms with Gasteiger partial charge in [0, 0.05) is 12.3 Å². The fourth-order valence-corrected chi connectivity index (χ4v) is 1.51. The number of carbonyl (C=O) groups excluding carboxylic acids is 1. The van der Waals surface area contributed by atoms with Crippen LogP contribution in [0.3, 0.4) is 0 Å². The Morgan fingerprint density at radius 1 is 1.67 bits per heavy atom. The zero-order valence-electron chi connectivity index (χ0n) is 8.90. The van der Waals surface area contributed by atoms with E-state index in [1.54, 1.807) is 12.1 Å². The summed E-state index contributed by atoms with van der Waals surface area (Å²) < 4.78 is 5.04. The molecule has 0 saturated carbocycles. The van der Waals surface area contributed by atoms with Crippen LogP contribution in [0, 0.1) is 17.2 Å². The van der Waals surface area contributed by atoms with Crippen LogP contribution in [0.4, 0.5) is 0 Å². The van der Waals surface area contributed by atoms with Crippen molar-refractivity contribution in [2.24, 2.45) is 5.92 Å². The highest BCUT2D eigenvalue weighted by Gasteiger charge is 2.21. The van der Waals surface area contributed by atoms with Crippen molar-refractivity contribution in [2.75, 3.05) is 0 Å². The van der Waals surface area contributed by atoms with Crippen molar-refractivity contribution in [1.29, 1.82) is 5.26 Å². The van der Waals surface area contributed by atoms with E-state index in [0.29, 0.717) is 5.76 Å². The van der Waals surface area contributed by atoms with Crippen LogP contribution in [0.2, 0.25) is 0 Å². The van der Waals surface area contributed by atoms with E-state index in [-0.39, 0.29) is 18.1 Å². The van der Waals surface area contributed by atoms with E-state index in [1.165, 1.54) is 6.26 Å². The molecule has 15 heavy (non-hydrogen) atoms. The first kappa shape index (κ1) is 11.5. The molecule has 0 aromatic carbocycles. The minimum atomic E-state index is -0.207. The van der Waals surface area contributed by atoms with E-state index < -0.39 is 0 Å². The van der Waals surface area contributed by atoms with Crippen LogP contribution in [-0.2, 0) is 0 Å². The number of ketones is 1. The molecule has 1 unspecified atom stereocenters. The number of rotatable bonds is 6. The summed E-state index contributed by atoms with van der Waals surface area (Å²) in [7, 11) is 0. The van der Waals surface area contributed by atoms with Crippen molar-refractivity contribution in [1.82, 2.24) is 0 Å². The number of hydrogen-bond donors (Lipinski definition) is 0. The molecule has 0 spiro atoms. The molecule has 0 amide bonds. The lowest BCUT2D eigenvalue weighted by molar-refractivity contribution is 0.0885. The summed E-state index contributed by atoms with van der Waals surface area (Å²) in [6.07, 6.45) is 4.53. The Kier molecular flexibility index (Phi) is 4.62. The van der Waals surface area contributed by atoms with E-state index >= 15 is 0 Å². The van der Waals surface area contributed by atoms with Crippen molar-refractivity contribution in [3.05, 3.63) is 24.2 Å². The highest BCUT2D eigenvalue weighted by atomic mass is 16.3. The molecule has 1 heterocycles. The van der Waals surface area contributed by atoms with Crippen molar-refractivity contribution in [2.45, 2.75) is 32.6 Å². The van der Waals surface area contributed by atoms with Crippen molar-refractivity contribution < 1.29 is 9.21 Å². The number of hydrogen-bond acceptors (Lipinski definition) is 3. The number of nitriles is 1. The van der Waals surface area contributed by atoms with E-state index in [2.05, 4.69) is 13.0 Å². The van der Waals surface area contributed by atoms with Crippen molar-refractivity contribution in [3.63, 3.8) is 0 Å². The molecular weight excluding hydrogens is 190 g/mol. The van der Waals surface area contributed by atoms with Gasteiger partial charge in [0.25, 0.3) is 0 Å². The summed E-state index contributed by atoms with van der Waals surface area (Å²) in [5.74, 6) is 0.113. The first-order valence-corrected chi connectivity index (χ1v) is 5.24. The molecule has 3 heteroatoms. The molecular formula is C12H15NO2. The number of Topliss-reactive ketones (excluding diaryl/α,β-unsaturated/α-hetero) is 1. The summed E-state index contributed by atoms with van der Waals surface area (Å²) in [5.41, 5.74) is 0. The SMILES string of the molecule is CCCCC(CC#N)C(=O)c1ccco1. The van der Waals surface area contributed by atoms with Crippen LogP contribution >= 0.6 is 0 Å². The van der Waals surface area contributed by atoms with Gasteiger partial charge >= 0.3 is 0 Å². The van der Waals surface area contributed by atoms with Gasteiger partial charge in [0.2, 0.25) is 5.78 Å². The van der Waals surface area contributed by atoms with Gasteiger partial charge in [0.1, 0.15) is 0 Å². The molecule has 0 fully saturated rings. The molecule has 80 valence electrons. The fraction of sp³-hybridized carbons (Fsp3) is 0.500. The first-order valence-electron chi connectivity index (χ1n) is 5.24. The van der Waals surface area contributed by atoms with Gasteiger partial charge in [-0.25, -0.2) is 0 Å². The Balaban J connectivity index is 2.63. The van der Waals surface area contributed by atoms with E-state index in [4.69, 9.17) is 9.68 Å². The summed E-state index contributed by atoms with van der Waals surface area (Å²) in [6.45, 7) is 2.07. The van der Waals surface area contributed by atoms with Crippen molar-refractivity contribution >= 4 is 5.78 Å². The molecule has 0 radical (unpaired) electrons. The summed E-state index contributed by atoms with van der Waals surface area (Å²) >= 11 is 0. The van der Waals surface area contributed by atoms with Gasteiger partial charge in [0.15, 0.2) is 5.76 Å². The zero-order chi connectivity index (χ0) is 11.1. The molecule has 1 aromatic rings. The monoisotopic (exact) mass is 205 g/mol. The van der Waals surface area contributed by atoms with Gasteiger partial charge < -0.3 is 4.42 Å². The standard InChI is InChI=1S/C12H15NO2/c1-2-3-5-10(7-8-13)12(14)11-6-4-9-15-11/h4,6,9-10H,2-3,5,7H2,1H3. The molecule has 1 atom stereocenters. The maximum absolute atomic E-state index is 11.9. The Hall–Kier alpha value is -1.56. The Labute approximate surface area is 89.7 Å². The van der Waals surface area contributed by atoms with Gasteiger partial charge in [0.05, 0.1) is 12.3 Å². The van der Waals surface area contributed by atoms with Gasteiger partial charge in [-0.2, -0.15) is 5.26 Å². The van der Waals surface area contributed by atoms with Gasteiger partial charge in [-0.3, -0.25) is 4.79 Å². The number of furan rings is 1. The summed E-state index contributed by atoms with van der Waals surface area (Å²) in [4.78, 5) is 11.9. The van der Waals surface area contributed by atoms with Crippen molar-refractivity contribution in [3.8, 4) is 6.07 Å². The Bertz CT molecular complexity index is 335. The van der Waals surface area contributed by atoms with E-state index in [1.807, 2.05) is 0 Å². The number of unbranched alkanes of at least 4 members (excludes halogenated alkanes) is 1. The molecule has 1 rings (SSSR count). The van der Waals surface area contributed by atoms with Crippen LogP contribution in [0.5, 0.6) is 0 Å². The Morgan fingerprint density at radius 2 is 2.47 bits per heavy atom. The maximum atomic E-state index is 11.9. The predicted octanol–water partition coefficient (Wildman–Crippen LogP) is 3.18. The average molecular weight is 205 g/mol. The third-order valence-corrected chi connectivity index (χ3v) is 2.38. The second-order valence-corrected chi connectivity index (χ2v) is 3.54. The Morgan fingerprint density at radius 3 is 3.00 bits per heavy atom. The lowest BCUT2D eigenvalue weighted by Crippen LogP contribution is -2.13. The van der Waals surface area contributed by atoms with Gasteiger partial charge in [-0.1, -0.05) is 19.8 Å². The largest absolute Gasteiger partial charge is 0.461 e. The lowest BCUT2D eigenvalue weighted by atomic mass is 9.93. The van der Waals surface area contributed by atoms with Crippen LogP contribution in [0.1, 0.15) is 43.2 Å². The molecule has 0 bridgehead atoms. The molecule has 0 aliphatic heterocycles. The summed E-state index contributed by atoms with van der Waals surface area (Å²) in [5, 5.41) is 8.65. The molecule has 0 N–H and O–H groups in total. The second-order valence-electron chi connectivity index (χ2n) is 3.54. The minimum Gasteiger partial charge on any atom is -0.461 e. The van der Waals surface area contributed by atoms with E-state index in [9.17, 15) is 4.79 Å². The first-order chi connectivity index (χ1) is 7.29. The van der Waals surface area contributed by atoms with Crippen LogP contribution < -0.4 is 0 Å². The predicted molar refractivity (Wildman–Crippen MR) is 56.3 cm³/mol. The van der Waals surface area contributed by atoms with Gasteiger partial charge in [-0.05, 0) is 18.6 Å². The topological polar surface area (TPSA) is 54.0 Å². The van der Waals surface area contributed by atoms with Crippen LogP contribution in [0.25, 0.3) is 0 Å². The normalized spacial score (nSPS) is 12.0. The number of nitrogens with zero attached hydrogens (tertiary/aromatic N) is 1. The summed E-state index contributed by atoms with van der Waals surface area (Å²) in [6, 6.07) is 5.40. The number of carbonyl (C=O) groups is 1. The highest BCUT2D eigenvalue weighted by molar-refractivity contribution is 5.95. The van der Waals surface area contributed by atoms with Crippen LogP contribution in [-0.4, -0.2) is 5.78 Å². The lowest BCUT2D eigenvalue weighted by Gasteiger charge is -2.09. The zero-order valence-corrected chi connectivity index (χ0v) is 8.90. The smallest absolute Gasteiger partial charge is 0.202 e. The van der Waals surface area contributed by atoms with Crippen LogP contribution in [0.15, 0.2) is 22.8 Å². The molecule has 0 saturated heterocycles. The fourth-order valence-electron chi connectivity index (χ4n) is 1.51. The highest BCUT2D eigenvalue weighted by Crippen LogP contribution is 2.18. The quantitative estimate of drug-likeness (QED) is 0.670. The second kappa shape index (κ2) is 6.02. The molecule has 3 nitrogen and oxygen atoms in total. The third-order valence-electron chi connectivity index (χ3n) is 2.38. The minimum absolute atomic E-state index is 0.0463. The van der Waals surface area contributed by atoms with Gasteiger partial charge in [-0.15, -0.1) is 0 Å². The molecule has 0 aliphatic rings. The third kappa shape index (κ3) is 3.25. The average Bonchev–Trinajstić information content (AvgIpc) is 2.76. The maximum Gasteiger partial charge on any atom is 0.202 e.